The minimum atomic E-state index is -1.28. The van der Waals surface area contributed by atoms with Crippen molar-refractivity contribution in [2.24, 2.45) is 0 Å². The standard InChI is InChI=1S/C14H11FN2O2S/c1-16-10-6-8(4-5-11(10)17(2)3)12-7-9(15)13(20-12)14(18)19/h4-7H,2-3H3,(H,18,19). The van der Waals surface area contributed by atoms with Crippen LogP contribution in [-0.2, 0) is 0 Å². The summed E-state index contributed by atoms with van der Waals surface area (Å²) in [4.78, 5) is 16.3. The summed E-state index contributed by atoms with van der Waals surface area (Å²) < 4.78 is 13.5. The largest absolute Gasteiger partial charge is 0.477 e. The predicted molar refractivity (Wildman–Crippen MR) is 77.3 cm³/mol. The number of benzene rings is 1. The second kappa shape index (κ2) is 5.31. The Morgan fingerprint density at radius 1 is 1.40 bits per heavy atom. The van der Waals surface area contributed by atoms with E-state index in [4.69, 9.17) is 11.7 Å². The molecule has 0 unspecified atom stereocenters. The van der Waals surface area contributed by atoms with E-state index < -0.39 is 11.8 Å². The van der Waals surface area contributed by atoms with Gasteiger partial charge in [0.05, 0.1) is 6.57 Å². The van der Waals surface area contributed by atoms with Crippen molar-refractivity contribution in [2.75, 3.05) is 19.0 Å². The first-order chi connectivity index (χ1) is 9.43. The molecular formula is C14H11FN2O2S. The number of hydrogen-bond donors (Lipinski definition) is 1. The van der Waals surface area contributed by atoms with Crippen LogP contribution in [0.1, 0.15) is 9.67 Å². The lowest BCUT2D eigenvalue weighted by Crippen LogP contribution is -2.08. The van der Waals surface area contributed by atoms with Gasteiger partial charge in [-0.15, -0.1) is 11.3 Å². The average molecular weight is 290 g/mol. The number of aromatic carboxylic acids is 1. The molecule has 0 fully saturated rings. The number of anilines is 1. The molecule has 4 nitrogen and oxygen atoms in total. The summed E-state index contributed by atoms with van der Waals surface area (Å²) >= 11 is 0.863. The maximum Gasteiger partial charge on any atom is 0.348 e. The van der Waals surface area contributed by atoms with E-state index in [1.807, 2.05) is 19.0 Å². The van der Waals surface area contributed by atoms with Crippen molar-refractivity contribution >= 4 is 28.7 Å². The fourth-order valence-corrected chi connectivity index (χ4v) is 2.67. The fraction of sp³-hybridized carbons (Fsp3) is 0.143. The highest BCUT2D eigenvalue weighted by atomic mass is 32.1. The van der Waals surface area contributed by atoms with Crippen molar-refractivity contribution in [1.29, 1.82) is 0 Å². The number of halogens is 1. The van der Waals surface area contributed by atoms with Gasteiger partial charge in [0.15, 0.2) is 0 Å². The Labute approximate surface area is 119 Å². The molecule has 0 saturated carbocycles. The van der Waals surface area contributed by atoms with Crippen molar-refractivity contribution < 1.29 is 14.3 Å². The van der Waals surface area contributed by atoms with Crippen molar-refractivity contribution in [2.45, 2.75) is 0 Å². The van der Waals surface area contributed by atoms with Crippen molar-refractivity contribution in [3.05, 3.63) is 46.4 Å². The second-order valence-corrected chi connectivity index (χ2v) is 5.35. The average Bonchev–Trinajstić information content (AvgIpc) is 2.80. The van der Waals surface area contributed by atoms with Gasteiger partial charge in [0.25, 0.3) is 0 Å². The fourth-order valence-electron chi connectivity index (χ4n) is 1.80. The SMILES string of the molecule is [C-]#[N+]c1cc(-c2cc(F)c(C(=O)O)s2)ccc1N(C)C. The molecule has 0 atom stereocenters. The van der Waals surface area contributed by atoms with E-state index in [0.717, 1.165) is 17.0 Å². The van der Waals surface area contributed by atoms with Gasteiger partial charge in [0.2, 0.25) is 5.69 Å². The Kier molecular flexibility index (Phi) is 3.72. The third-order valence-corrected chi connectivity index (χ3v) is 3.89. The molecule has 1 aromatic carbocycles. The Hall–Kier alpha value is -2.39. The van der Waals surface area contributed by atoms with Crippen LogP contribution in [0.4, 0.5) is 15.8 Å². The molecule has 0 aliphatic rings. The zero-order valence-electron chi connectivity index (χ0n) is 10.8. The number of thiophene rings is 1. The zero-order valence-corrected chi connectivity index (χ0v) is 11.7. The molecule has 2 aromatic rings. The summed E-state index contributed by atoms with van der Waals surface area (Å²) in [6.45, 7) is 7.19. The highest BCUT2D eigenvalue weighted by molar-refractivity contribution is 7.17. The summed E-state index contributed by atoms with van der Waals surface area (Å²) in [6.07, 6.45) is 0. The van der Waals surface area contributed by atoms with Crippen molar-refractivity contribution in [3.8, 4) is 10.4 Å². The summed E-state index contributed by atoms with van der Waals surface area (Å²) in [6, 6.07) is 6.34. The Morgan fingerprint density at radius 3 is 2.60 bits per heavy atom. The van der Waals surface area contributed by atoms with Crippen LogP contribution < -0.4 is 4.90 Å². The first-order valence-electron chi connectivity index (χ1n) is 5.66. The molecule has 0 aliphatic carbocycles. The lowest BCUT2D eigenvalue weighted by atomic mass is 10.1. The number of rotatable bonds is 3. The molecule has 0 bridgehead atoms. The first kappa shape index (κ1) is 14.0. The Balaban J connectivity index is 2.52. The van der Waals surface area contributed by atoms with Crippen molar-refractivity contribution in [3.63, 3.8) is 0 Å². The van der Waals surface area contributed by atoms with Gasteiger partial charge in [-0.1, -0.05) is 6.07 Å². The first-order valence-corrected chi connectivity index (χ1v) is 6.47. The van der Waals surface area contributed by atoms with Crippen LogP contribution in [0.5, 0.6) is 0 Å². The van der Waals surface area contributed by atoms with Crippen LogP contribution in [-0.4, -0.2) is 25.2 Å². The molecule has 1 aromatic heterocycles. The minimum absolute atomic E-state index is 0.318. The van der Waals surface area contributed by atoms with Gasteiger partial charge in [-0.25, -0.2) is 14.0 Å². The summed E-state index contributed by atoms with van der Waals surface area (Å²) in [5.74, 6) is -2.03. The number of nitrogens with zero attached hydrogens (tertiary/aromatic N) is 2. The quantitative estimate of drug-likeness (QED) is 0.873. The maximum absolute atomic E-state index is 13.5. The van der Waals surface area contributed by atoms with Crippen LogP contribution in [0.25, 0.3) is 15.3 Å². The van der Waals surface area contributed by atoms with Crippen LogP contribution in [0, 0.1) is 12.4 Å². The summed E-state index contributed by atoms with van der Waals surface area (Å²) in [5, 5.41) is 8.86. The highest BCUT2D eigenvalue weighted by Gasteiger charge is 2.17. The van der Waals surface area contributed by atoms with Crippen LogP contribution in [0.3, 0.4) is 0 Å². The third-order valence-electron chi connectivity index (χ3n) is 2.74. The minimum Gasteiger partial charge on any atom is -0.477 e. The van der Waals surface area contributed by atoms with E-state index in [9.17, 15) is 9.18 Å². The lowest BCUT2D eigenvalue weighted by Gasteiger charge is -2.14. The third kappa shape index (κ3) is 2.49. The summed E-state index contributed by atoms with van der Waals surface area (Å²) in [5.41, 5.74) is 1.84. The van der Waals surface area contributed by atoms with Gasteiger partial charge < -0.3 is 10.0 Å². The molecule has 102 valence electrons. The zero-order chi connectivity index (χ0) is 14.9. The van der Waals surface area contributed by atoms with Gasteiger partial charge in [0, 0.05) is 24.7 Å². The van der Waals surface area contributed by atoms with E-state index in [-0.39, 0.29) is 4.88 Å². The smallest absolute Gasteiger partial charge is 0.348 e. The molecule has 1 N–H and O–H groups in total. The van der Waals surface area contributed by atoms with E-state index in [1.165, 1.54) is 6.07 Å². The van der Waals surface area contributed by atoms with Gasteiger partial charge >= 0.3 is 5.97 Å². The molecule has 0 radical (unpaired) electrons. The normalized spacial score (nSPS) is 10.1. The van der Waals surface area contributed by atoms with Gasteiger partial charge in [-0.3, -0.25) is 0 Å². The number of carboxylic acids is 1. The molecule has 20 heavy (non-hydrogen) atoms. The maximum atomic E-state index is 13.5. The molecule has 6 heteroatoms. The molecule has 0 spiro atoms. The molecule has 0 amide bonds. The molecule has 0 saturated heterocycles. The highest BCUT2D eigenvalue weighted by Crippen LogP contribution is 2.36. The molecule has 2 rings (SSSR count). The van der Waals surface area contributed by atoms with Gasteiger partial charge in [-0.05, 0) is 23.8 Å². The van der Waals surface area contributed by atoms with E-state index in [2.05, 4.69) is 4.85 Å². The number of hydrogen-bond acceptors (Lipinski definition) is 3. The van der Waals surface area contributed by atoms with Crippen molar-refractivity contribution in [1.82, 2.24) is 0 Å². The van der Waals surface area contributed by atoms with Crippen LogP contribution >= 0.6 is 11.3 Å². The molecular weight excluding hydrogens is 279 g/mol. The summed E-state index contributed by atoms with van der Waals surface area (Å²) in [7, 11) is 3.66. The monoisotopic (exact) mass is 290 g/mol. The predicted octanol–water partition coefficient (Wildman–Crippen LogP) is 3.87. The van der Waals surface area contributed by atoms with Gasteiger partial charge in [-0.2, -0.15) is 0 Å². The van der Waals surface area contributed by atoms with E-state index in [0.29, 0.717) is 16.1 Å². The topological polar surface area (TPSA) is 44.9 Å². The molecule has 1 heterocycles. The van der Waals surface area contributed by atoms with Gasteiger partial charge in [0.1, 0.15) is 10.7 Å². The second-order valence-electron chi connectivity index (χ2n) is 4.30. The van der Waals surface area contributed by atoms with Crippen LogP contribution in [0.15, 0.2) is 24.3 Å². The lowest BCUT2D eigenvalue weighted by molar-refractivity contribution is 0.0697. The molecule has 0 aliphatic heterocycles. The number of carboxylic acid groups (broad SMARTS) is 1. The van der Waals surface area contributed by atoms with E-state index >= 15 is 0 Å². The number of carbonyl (C=O) groups is 1. The Bertz CT molecular complexity index is 716. The van der Waals surface area contributed by atoms with E-state index in [1.54, 1.807) is 18.2 Å². The van der Waals surface area contributed by atoms with Crippen LogP contribution in [0.2, 0.25) is 0 Å². The Morgan fingerprint density at radius 2 is 2.10 bits per heavy atom.